The van der Waals surface area contributed by atoms with Crippen LogP contribution in [-0.4, -0.2) is 39.3 Å². The highest BCUT2D eigenvalue weighted by atomic mass is 32.2. The predicted molar refractivity (Wildman–Crippen MR) is 72.0 cm³/mol. The van der Waals surface area contributed by atoms with Gasteiger partial charge in [0, 0.05) is 14.1 Å². The van der Waals surface area contributed by atoms with Crippen molar-refractivity contribution in [1.82, 2.24) is 9.73 Å². The van der Waals surface area contributed by atoms with Crippen LogP contribution in [0.4, 0.5) is 5.69 Å². The predicted octanol–water partition coefficient (Wildman–Crippen LogP) is 0.424. The quantitative estimate of drug-likeness (QED) is 0.873. The van der Waals surface area contributed by atoms with E-state index < -0.39 is 10.0 Å². The van der Waals surface area contributed by atoms with E-state index in [-0.39, 0.29) is 16.7 Å². The number of nitrogens with one attached hydrogen (secondary N) is 1. The first-order valence-electron chi connectivity index (χ1n) is 5.93. The van der Waals surface area contributed by atoms with Gasteiger partial charge in [-0.05, 0) is 24.3 Å². The summed E-state index contributed by atoms with van der Waals surface area (Å²) in [6, 6.07) is 6.46. The van der Waals surface area contributed by atoms with Crippen LogP contribution in [0.2, 0.25) is 0 Å². The SMILES string of the molecule is C[C@@H]1CN(c2ccc(S(=O)(=O)N(C)C)cc2)NC1=O. The molecule has 0 bridgehead atoms. The van der Waals surface area contributed by atoms with Gasteiger partial charge in [0.15, 0.2) is 0 Å². The number of anilines is 1. The van der Waals surface area contributed by atoms with Crippen LogP contribution in [-0.2, 0) is 14.8 Å². The first-order chi connectivity index (χ1) is 8.82. The zero-order valence-electron chi connectivity index (χ0n) is 11.1. The highest BCUT2D eigenvalue weighted by molar-refractivity contribution is 7.89. The van der Waals surface area contributed by atoms with Crippen molar-refractivity contribution in [2.45, 2.75) is 11.8 Å². The minimum Gasteiger partial charge on any atom is -0.285 e. The number of rotatable bonds is 3. The zero-order chi connectivity index (χ0) is 14.2. The molecule has 1 aliphatic rings. The molecule has 19 heavy (non-hydrogen) atoms. The van der Waals surface area contributed by atoms with E-state index in [0.717, 1.165) is 5.69 Å². The summed E-state index contributed by atoms with van der Waals surface area (Å²) in [4.78, 5) is 11.7. The summed E-state index contributed by atoms with van der Waals surface area (Å²) in [7, 11) is -0.428. The number of amides is 1. The Labute approximate surface area is 113 Å². The van der Waals surface area contributed by atoms with Crippen molar-refractivity contribution < 1.29 is 13.2 Å². The summed E-state index contributed by atoms with van der Waals surface area (Å²) < 4.78 is 25.0. The second kappa shape index (κ2) is 4.82. The lowest BCUT2D eigenvalue weighted by atomic mass is 10.2. The molecular formula is C12H17N3O3S. The Hall–Kier alpha value is -1.60. The first kappa shape index (κ1) is 13.8. The molecule has 104 valence electrons. The summed E-state index contributed by atoms with van der Waals surface area (Å²) >= 11 is 0. The standard InChI is InChI=1S/C12H17N3O3S/c1-9-8-15(13-12(9)16)10-4-6-11(7-5-10)19(17,18)14(2)3/h4-7,9H,8H2,1-3H3,(H,13,16)/t9-/m1/s1. The zero-order valence-corrected chi connectivity index (χ0v) is 11.9. The van der Waals surface area contributed by atoms with Crippen molar-refractivity contribution in [3.05, 3.63) is 24.3 Å². The Morgan fingerprint density at radius 2 is 1.84 bits per heavy atom. The molecule has 2 rings (SSSR count). The minimum absolute atomic E-state index is 0.0232. The maximum Gasteiger partial charge on any atom is 0.243 e. The van der Waals surface area contributed by atoms with Gasteiger partial charge in [-0.2, -0.15) is 0 Å². The van der Waals surface area contributed by atoms with Crippen LogP contribution in [0.1, 0.15) is 6.92 Å². The number of carbonyl (C=O) groups excluding carboxylic acids is 1. The smallest absolute Gasteiger partial charge is 0.243 e. The summed E-state index contributed by atoms with van der Waals surface area (Å²) in [5.41, 5.74) is 3.51. The average Bonchev–Trinajstić information content (AvgIpc) is 2.69. The van der Waals surface area contributed by atoms with Gasteiger partial charge < -0.3 is 0 Å². The van der Waals surface area contributed by atoms with Gasteiger partial charge in [-0.3, -0.25) is 15.2 Å². The fourth-order valence-electron chi connectivity index (χ4n) is 1.82. The van der Waals surface area contributed by atoms with Gasteiger partial charge >= 0.3 is 0 Å². The minimum atomic E-state index is -3.41. The highest BCUT2D eigenvalue weighted by Crippen LogP contribution is 2.21. The van der Waals surface area contributed by atoms with Crippen molar-refractivity contribution >= 4 is 21.6 Å². The summed E-state index contributed by atoms with van der Waals surface area (Å²) in [6.07, 6.45) is 0. The molecule has 0 aromatic heterocycles. The van der Waals surface area contributed by atoms with E-state index in [1.54, 1.807) is 29.3 Å². The van der Waals surface area contributed by atoms with E-state index in [1.807, 2.05) is 6.92 Å². The van der Waals surface area contributed by atoms with Gasteiger partial charge in [0.05, 0.1) is 23.0 Å². The molecule has 6 nitrogen and oxygen atoms in total. The van der Waals surface area contributed by atoms with Crippen LogP contribution in [0.3, 0.4) is 0 Å². The van der Waals surface area contributed by atoms with Crippen LogP contribution in [0.15, 0.2) is 29.2 Å². The van der Waals surface area contributed by atoms with Gasteiger partial charge in [0.25, 0.3) is 0 Å². The molecule has 1 atom stereocenters. The lowest BCUT2D eigenvalue weighted by molar-refractivity contribution is -0.121. The van der Waals surface area contributed by atoms with Crippen LogP contribution >= 0.6 is 0 Å². The maximum absolute atomic E-state index is 11.9. The second-order valence-corrected chi connectivity index (χ2v) is 6.92. The molecule has 0 radical (unpaired) electrons. The van der Waals surface area contributed by atoms with Crippen molar-refractivity contribution in [3.8, 4) is 0 Å². The van der Waals surface area contributed by atoms with E-state index in [4.69, 9.17) is 0 Å². The molecule has 0 spiro atoms. The fraction of sp³-hybridized carbons (Fsp3) is 0.417. The highest BCUT2D eigenvalue weighted by Gasteiger charge is 2.27. The molecule has 0 unspecified atom stereocenters. The third kappa shape index (κ3) is 2.57. The van der Waals surface area contributed by atoms with E-state index in [2.05, 4.69) is 5.43 Å². The van der Waals surface area contributed by atoms with Crippen molar-refractivity contribution in [3.63, 3.8) is 0 Å². The van der Waals surface area contributed by atoms with Crippen LogP contribution in [0, 0.1) is 5.92 Å². The van der Waals surface area contributed by atoms with E-state index in [1.165, 1.54) is 18.4 Å². The van der Waals surface area contributed by atoms with Gasteiger partial charge in [-0.1, -0.05) is 6.92 Å². The van der Waals surface area contributed by atoms with E-state index in [0.29, 0.717) is 6.54 Å². The molecule has 1 aromatic rings. The molecular weight excluding hydrogens is 266 g/mol. The third-order valence-corrected chi connectivity index (χ3v) is 4.91. The summed E-state index contributed by atoms with van der Waals surface area (Å²) in [5.74, 6) is -0.0878. The lowest BCUT2D eigenvalue weighted by Crippen LogP contribution is -2.33. The lowest BCUT2D eigenvalue weighted by Gasteiger charge is -2.18. The Morgan fingerprint density at radius 3 is 2.26 bits per heavy atom. The molecule has 1 saturated heterocycles. The summed E-state index contributed by atoms with van der Waals surface area (Å²) in [6.45, 7) is 2.43. The number of sulfonamides is 1. The maximum atomic E-state index is 11.9. The number of benzene rings is 1. The third-order valence-electron chi connectivity index (χ3n) is 3.08. The Morgan fingerprint density at radius 1 is 1.26 bits per heavy atom. The number of carbonyl (C=O) groups is 1. The second-order valence-electron chi connectivity index (χ2n) is 4.77. The Kier molecular flexibility index (Phi) is 3.51. The number of hydrogen-bond acceptors (Lipinski definition) is 4. The molecule has 0 aliphatic carbocycles. The Bertz CT molecular complexity index is 581. The molecule has 0 saturated carbocycles. The molecule has 1 amide bonds. The Balaban J connectivity index is 2.23. The largest absolute Gasteiger partial charge is 0.285 e. The van der Waals surface area contributed by atoms with Gasteiger partial charge in [0.1, 0.15) is 0 Å². The molecule has 1 fully saturated rings. The number of nitrogens with zero attached hydrogens (tertiary/aromatic N) is 2. The van der Waals surface area contributed by atoms with Crippen molar-refractivity contribution in [2.75, 3.05) is 25.6 Å². The molecule has 7 heteroatoms. The van der Waals surface area contributed by atoms with Crippen molar-refractivity contribution in [1.29, 1.82) is 0 Å². The molecule has 1 aliphatic heterocycles. The van der Waals surface area contributed by atoms with Crippen molar-refractivity contribution in [2.24, 2.45) is 5.92 Å². The van der Waals surface area contributed by atoms with E-state index >= 15 is 0 Å². The average molecular weight is 283 g/mol. The molecule has 1 N–H and O–H groups in total. The molecule has 1 heterocycles. The van der Waals surface area contributed by atoms with E-state index in [9.17, 15) is 13.2 Å². The van der Waals surface area contributed by atoms with Gasteiger partial charge in [0.2, 0.25) is 15.9 Å². The van der Waals surface area contributed by atoms with Gasteiger partial charge in [-0.15, -0.1) is 0 Å². The fourth-order valence-corrected chi connectivity index (χ4v) is 2.73. The molecule has 1 aromatic carbocycles. The topological polar surface area (TPSA) is 69.7 Å². The first-order valence-corrected chi connectivity index (χ1v) is 7.37. The van der Waals surface area contributed by atoms with Crippen LogP contribution in [0.25, 0.3) is 0 Å². The summed E-state index contributed by atoms with van der Waals surface area (Å²) in [5, 5.41) is 1.72. The normalized spacial score (nSPS) is 19.9. The number of hydrazine groups is 1. The number of hydrogen-bond donors (Lipinski definition) is 1. The monoisotopic (exact) mass is 283 g/mol. The van der Waals surface area contributed by atoms with Crippen LogP contribution in [0.5, 0.6) is 0 Å². The van der Waals surface area contributed by atoms with Gasteiger partial charge in [-0.25, -0.2) is 12.7 Å². The van der Waals surface area contributed by atoms with Crippen LogP contribution < -0.4 is 10.4 Å².